The molecule has 0 radical (unpaired) electrons. The summed E-state index contributed by atoms with van der Waals surface area (Å²) in [4.78, 5) is 5.69. The Morgan fingerprint density at radius 2 is 2.11 bits per heavy atom. The van der Waals surface area contributed by atoms with Crippen molar-refractivity contribution in [2.24, 2.45) is 0 Å². The second kappa shape index (κ2) is 4.88. The maximum atomic E-state index is 5.91. The van der Waals surface area contributed by atoms with E-state index in [4.69, 9.17) is 11.6 Å². The van der Waals surface area contributed by atoms with Crippen molar-refractivity contribution >= 4 is 50.2 Å². The van der Waals surface area contributed by atoms with Gasteiger partial charge in [0.15, 0.2) is 0 Å². The van der Waals surface area contributed by atoms with Crippen LogP contribution in [0.1, 0.15) is 9.88 Å². The number of thiophene rings is 1. The molecule has 1 aromatic carbocycles. The van der Waals surface area contributed by atoms with Crippen LogP contribution in [0.2, 0.25) is 4.34 Å². The van der Waals surface area contributed by atoms with E-state index in [0.29, 0.717) is 0 Å². The van der Waals surface area contributed by atoms with Crippen LogP contribution in [0.5, 0.6) is 0 Å². The number of rotatable bonds is 3. The van der Waals surface area contributed by atoms with Crippen LogP contribution in [0.4, 0.5) is 5.69 Å². The Kier molecular flexibility index (Phi) is 3.24. The predicted octanol–water partition coefficient (Wildman–Crippen LogP) is 4.93. The van der Waals surface area contributed by atoms with Gasteiger partial charge in [0.2, 0.25) is 0 Å². The number of hydrogen-bond acceptors (Lipinski definition) is 4. The number of anilines is 1. The molecular formula is C13H11ClN2S2. The molecule has 0 aliphatic carbocycles. The third-order valence-corrected chi connectivity index (χ3v) is 4.76. The number of fused-ring (bicyclic) bond motifs is 1. The van der Waals surface area contributed by atoms with E-state index in [1.807, 2.05) is 13.0 Å². The van der Waals surface area contributed by atoms with Gasteiger partial charge in [0.25, 0.3) is 0 Å². The molecule has 18 heavy (non-hydrogen) atoms. The molecule has 0 saturated carbocycles. The van der Waals surface area contributed by atoms with Crippen LogP contribution in [0, 0.1) is 6.92 Å². The van der Waals surface area contributed by atoms with Gasteiger partial charge in [-0.3, -0.25) is 0 Å². The normalized spacial score (nSPS) is 11.0. The summed E-state index contributed by atoms with van der Waals surface area (Å²) in [6.45, 7) is 2.84. The van der Waals surface area contributed by atoms with Crippen LogP contribution in [0.25, 0.3) is 10.2 Å². The number of hydrogen-bond donors (Lipinski definition) is 1. The Labute approximate surface area is 118 Å². The van der Waals surface area contributed by atoms with Gasteiger partial charge in [-0.15, -0.1) is 22.7 Å². The first kappa shape index (κ1) is 12.0. The van der Waals surface area contributed by atoms with Crippen LogP contribution in [-0.2, 0) is 6.54 Å². The van der Waals surface area contributed by atoms with Gasteiger partial charge in [-0.25, -0.2) is 4.98 Å². The summed E-state index contributed by atoms with van der Waals surface area (Å²) in [5, 5.41) is 4.51. The molecule has 0 bridgehead atoms. The summed E-state index contributed by atoms with van der Waals surface area (Å²) in [7, 11) is 0. The number of aryl methyl sites for hydroxylation is 1. The molecule has 3 aromatic rings. The minimum absolute atomic E-state index is 0.806. The first-order chi connectivity index (χ1) is 8.70. The van der Waals surface area contributed by atoms with Crippen LogP contribution < -0.4 is 5.32 Å². The molecule has 0 spiro atoms. The van der Waals surface area contributed by atoms with E-state index < -0.39 is 0 Å². The molecule has 3 rings (SSSR count). The lowest BCUT2D eigenvalue weighted by molar-refractivity contribution is 1.19. The number of benzene rings is 1. The fraction of sp³-hybridized carbons (Fsp3) is 0.154. The monoisotopic (exact) mass is 294 g/mol. The number of nitrogens with one attached hydrogen (secondary N) is 1. The zero-order valence-corrected chi connectivity index (χ0v) is 12.1. The molecule has 0 aliphatic heterocycles. The summed E-state index contributed by atoms with van der Waals surface area (Å²) in [5.41, 5.74) is 2.19. The van der Waals surface area contributed by atoms with Gasteiger partial charge in [0, 0.05) is 17.1 Å². The van der Waals surface area contributed by atoms with Crippen molar-refractivity contribution in [3.05, 3.63) is 44.6 Å². The number of thiazole rings is 1. The SMILES string of the molecule is Cc1nc2ccc(NCc3ccc(Cl)s3)cc2s1. The Morgan fingerprint density at radius 1 is 1.22 bits per heavy atom. The molecule has 0 fully saturated rings. The zero-order chi connectivity index (χ0) is 12.5. The summed E-state index contributed by atoms with van der Waals surface area (Å²) in [6, 6.07) is 10.3. The number of aromatic nitrogens is 1. The Balaban J connectivity index is 1.78. The molecule has 92 valence electrons. The smallest absolute Gasteiger partial charge is 0.0931 e. The second-order valence-electron chi connectivity index (χ2n) is 3.97. The molecule has 2 aromatic heterocycles. The van der Waals surface area contributed by atoms with Crippen molar-refractivity contribution in [2.75, 3.05) is 5.32 Å². The Hall–Kier alpha value is -1.10. The second-order valence-corrected chi connectivity index (χ2v) is 7.01. The van der Waals surface area contributed by atoms with Gasteiger partial charge in [-0.05, 0) is 37.3 Å². The van der Waals surface area contributed by atoms with Crippen molar-refractivity contribution in [2.45, 2.75) is 13.5 Å². The van der Waals surface area contributed by atoms with Gasteiger partial charge in [0.05, 0.1) is 19.6 Å². The minimum atomic E-state index is 0.806. The quantitative estimate of drug-likeness (QED) is 0.741. The highest BCUT2D eigenvalue weighted by Crippen LogP contribution is 2.26. The molecule has 0 aliphatic rings. The highest BCUT2D eigenvalue weighted by molar-refractivity contribution is 7.18. The van der Waals surface area contributed by atoms with E-state index in [1.165, 1.54) is 9.58 Å². The van der Waals surface area contributed by atoms with Crippen molar-refractivity contribution in [1.82, 2.24) is 4.98 Å². The van der Waals surface area contributed by atoms with Gasteiger partial charge in [-0.2, -0.15) is 0 Å². The fourth-order valence-electron chi connectivity index (χ4n) is 1.79. The maximum Gasteiger partial charge on any atom is 0.0931 e. The summed E-state index contributed by atoms with van der Waals surface area (Å²) >= 11 is 9.24. The Morgan fingerprint density at radius 3 is 2.89 bits per heavy atom. The average molecular weight is 295 g/mol. The molecule has 5 heteroatoms. The molecule has 1 N–H and O–H groups in total. The van der Waals surface area contributed by atoms with Crippen molar-refractivity contribution < 1.29 is 0 Å². The average Bonchev–Trinajstić information content (AvgIpc) is 2.90. The van der Waals surface area contributed by atoms with Crippen LogP contribution in [0.3, 0.4) is 0 Å². The molecule has 0 saturated heterocycles. The van der Waals surface area contributed by atoms with Crippen molar-refractivity contribution in [3.63, 3.8) is 0 Å². The number of nitrogens with zero attached hydrogens (tertiary/aromatic N) is 1. The summed E-state index contributed by atoms with van der Waals surface area (Å²) < 4.78 is 2.06. The molecule has 0 amide bonds. The lowest BCUT2D eigenvalue weighted by Crippen LogP contribution is -1.96. The topological polar surface area (TPSA) is 24.9 Å². The fourth-order valence-corrected chi connectivity index (χ4v) is 3.68. The van der Waals surface area contributed by atoms with Gasteiger partial charge < -0.3 is 5.32 Å². The first-order valence-electron chi connectivity index (χ1n) is 5.56. The summed E-state index contributed by atoms with van der Waals surface area (Å²) in [5.74, 6) is 0. The molecule has 0 atom stereocenters. The van der Waals surface area contributed by atoms with E-state index in [-0.39, 0.29) is 0 Å². The highest BCUT2D eigenvalue weighted by atomic mass is 35.5. The number of halogens is 1. The summed E-state index contributed by atoms with van der Waals surface area (Å²) in [6.07, 6.45) is 0. The highest BCUT2D eigenvalue weighted by Gasteiger charge is 2.02. The van der Waals surface area contributed by atoms with E-state index in [0.717, 1.165) is 27.1 Å². The van der Waals surface area contributed by atoms with Crippen LogP contribution >= 0.6 is 34.3 Å². The molecule has 2 nitrogen and oxygen atoms in total. The molecular weight excluding hydrogens is 284 g/mol. The first-order valence-corrected chi connectivity index (χ1v) is 7.57. The predicted molar refractivity (Wildman–Crippen MR) is 81.0 cm³/mol. The van der Waals surface area contributed by atoms with E-state index in [9.17, 15) is 0 Å². The van der Waals surface area contributed by atoms with Crippen molar-refractivity contribution in [1.29, 1.82) is 0 Å². The lowest BCUT2D eigenvalue weighted by Gasteiger charge is -2.04. The largest absolute Gasteiger partial charge is 0.380 e. The molecule has 0 unspecified atom stereocenters. The third-order valence-electron chi connectivity index (χ3n) is 2.59. The van der Waals surface area contributed by atoms with Gasteiger partial charge in [0.1, 0.15) is 0 Å². The zero-order valence-electron chi connectivity index (χ0n) is 9.74. The van der Waals surface area contributed by atoms with E-state index in [2.05, 4.69) is 34.6 Å². The maximum absolute atomic E-state index is 5.91. The third kappa shape index (κ3) is 2.51. The van der Waals surface area contributed by atoms with E-state index >= 15 is 0 Å². The van der Waals surface area contributed by atoms with Crippen LogP contribution in [0.15, 0.2) is 30.3 Å². The molecule has 2 heterocycles. The minimum Gasteiger partial charge on any atom is -0.380 e. The standard InChI is InChI=1S/C13H11ClN2S2/c1-8-16-11-4-2-9(6-12(11)17-8)15-7-10-3-5-13(14)18-10/h2-6,15H,7H2,1H3. The lowest BCUT2D eigenvalue weighted by atomic mass is 10.3. The van der Waals surface area contributed by atoms with Crippen LogP contribution in [-0.4, -0.2) is 4.98 Å². The van der Waals surface area contributed by atoms with Crippen molar-refractivity contribution in [3.8, 4) is 0 Å². The van der Waals surface area contributed by atoms with Gasteiger partial charge >= 0.3 is 0 Å². The van der Waals surface area contributed by atoms with Gasteiger partial charge in [-0.1, -0.05) is 11.6 Å². The van der Waals surface area contributed by atoms with E-state index in [1.54, 1.807) is 22.7 Å². The Bertz CT molecular complexity index is 687.